The molecule has 0 aliphatic carbocycles. The summed E-state index contributed by atoms with van der Waals surface area (Å²) < 4.78 is 42.7. The molecule has 0 aliphatic rings. The van der Waals surface area contributed by atoms with Gasteiger partial charge in [0.1, 0.15) is 0 Å². The average molecular weight is 327 g/mol. The first-order chi connectivity index (χ1) is 10.7. The van der Waals surface area contributed by atoms with Gasteiger partial charge in [-0.05, 0) is 30.7 Å². The van der Waals surface area contributed by atoms with Gasteiger partial charge in [0.2, 0.25) is 5.89 Å². The monoisotopic (exact) mass is 327 g/mol. The van der Waals surface area contributed by atoms with Gasteiger partial charge in [-0.15, -0.1) is 0 Å². The van der Waals surface area contributed by atoms with Crippen molar-refractivity contribution in [2.24, 2.45) is 5.92 Å². The van der Waals surface area contributed by atoms with Crippen LogP contribution >= 0.6 is 0 Å². The smallest absolute Gasteiger partial charge is 0.339 e. The Morgan fingerprint density at radius 3 is 2.35 bits per heavy atom. The molecule has 2 rings (SSSR count). The molecule has 0 atom stereocenters. The summed E-state index contributed by atoms with van der Waals surface area (Å²) in [6, 6.07) is 5.16. The van der Waals surface area contributed by atoms with E-state index in [0.29, 0.717) is 30.7 Å². The highest BCUT2D eigenvalue weighted by atomic mass is 19.4. The topological polar surface area (TPSA) is 42.2 Å². The van der Waals surface area contributed by atoms with E-state index >= 15 is 0 Å². The summed E-state index contributed by atoms with van der Waals surface area (Å²) in [5, 5.41) is 3.92. The zero-order valence-electron chi connectivity index (χ0n) is 13.4. The van der Waals surface area contributed by atoms with Crippen molar-refractivity contribution in [2.75, 3.05) is 7.05 Å². The molecule has 0 bridgehead atoms. The number of alkyl halides is 3. The summed E-state index contributed by atoms with van der Waals surface area (Å²) >= 11 is 0. The van der Waals surface area contributed by atoms with Crippen LogP contribution in [0.4, 0.5) is 13.2 Å². The molecule has 1 aromatic heterocycles. The molecule has 23 heavy (non-hydrogen) atoms. The predicted octanol–water partition coefficient (Wildman–Crippen LogP) is 3.92. The van der Waals surface area contributed by atoms with Crippen molar-refractivity contribution in [3.05, 3.63) is 47.1 Å². The van der Waals surface area contributed by atoms with Crippen molar-refractivity contribution in [3.8, 4) is 0 Å². The maximum atomic E-state index is 12.5. The molecule has 0 amide bonds. The number of hydrogen-bond donors (Lipinski definition) is 0. The van der Waals surface area contributed by atoms with Crippen LogP contribution in [0.3, 0.4) is 0 Å². The largest absolute Gasteiger partial charge is 0.416 e. The minimum Gasteiger partial charge on any atom is -0.339 e. The van der Waals surface area contributed by atoms with E-state index < -0.39 is 11.7 Å². The maximum absolute atomic E-state index is 12.5. The van der Waals surface area contributed by atoms with E-state index in [2.05, 4.69) is 24.0 Å². The van der Waals surface area contributed by atoms with E-state index in [9.17, 15) is 13.2 Å². The van der Waals surface area contributed by atoms with Crippen LogP contribution in [0.2, 0.25) is 0 Å². The Balaban J connectivity index is 1.91. The predicted molar refractivity (Wildman–Crippen MR) is 79.5 cm³/mol. The van der Waals surface area contributed by atoms with Crippen molar-refractivity contribution in [3.63, 3.8) is 0 Å². The van der Waals surface area contributed by atoms with Gasteiger partial charge in [-0.25, -0.2) is 0 Å². The molecule has 7 heteroatoms. The molecule has 4 nitrogen and oxygen atoms in total. The van der Waals surface area contributed by atoms with Crippen LogP contribution < -0.4 is 0 Å². The van der Waals surface area contributed by atoms with Crippen LogP contribution in [0.5, 0.6) is 0 Å². The van der Waals surface area contributed by atoms with Crippen LogP contribution in [-0.4, -0.2) is 22.1 Å². The van der Waals surface area contributed by atoms with Gasteiger partial charge in [-0.3, -0.25) is 4.90 Å². The fraction of sp³-hybridized carbons (Fsp3) is 0.500. The standard InChI is InChI=1S/C16H20F3N3O/c1-11(2)8-15-20-14(21-23-15)10-22(3)9-12-4-6-13(7-5-12)16(17,18)19/h4-7,11H,8-10H2,1-3H3. The van der Waals surface area contributed by atoms with Gasteiger partial charge in [-0.2, -0.15) is 18.2 Å². The molecule has 0 saturated heterocycles. The normalized spacial score (nSPS) is 12.3. The summed E-state index contributed by atoms with van der Waals surface area (Å²) in [6.45, 7) is 5.12. The summed E-state index contributed by atoms with van der Waals surface area (Å²) in [7, 11) is 1.86. The Morgan fingerprint density at radius 2 is 1.78 bits per heavy atom. The van der Waals surface area contributed by atoms with Crippen molar-refractivity contribution in [2.45, 2.75) is 39.5 Å². The molecule has 0 unspecified atom stereocenters. The van der Waals surface area contributed by atoms with E-state index in [0.717, 1.165) is 24.1 Å². The summed E-state index contributed by atoms with van der Waals surface area (Å²) in [5.41, 5.74) is 0.159. The Kier molecular flexibility index (Phi) is 5.41. The first-order valence-corrected chi connectivity index (χ1v) is 7.40. The van der Waals surface area contributed by atoms with E-state index in [1.54, 1.807) is 0 Å². The second-order valence-electron chi connectivity index (χ2n) is 6.07. The highest BCUT2D eigenvalue weighted by Gasteiger charge is 2.29. The van der Waals surface area contributed by atoms with Gasteiger partial charge in [-0.1, -0.05) is 31.1 Å². The van der Waals surface area contributed by atoms with E-state index in [-0.39, 0.29) is 0 Å². The number of hydrogen-bond acceptors (Lipinski definition) is 4. The molecule has 0 fully saturated rings. The Hall–Kier alpha value is -1.89. The van der Waals surface area contributed by atoms with Crippen LogP contribution in [-0.2, 0) is 25.7 Å². The molecule has 0 saturated carbocycles. The van der Waals surface area contributed by atoms with Gasteiger partial charge in [0.25, 0.3) is 0 Å². The minimum atomic E-state index is -4.30. The highest BCUT2D eigenvalue weighted by Crippen LogP contribution is 2.29. The van der Waals surface area contributed by atoms with E-state index in [4.69, 9.17) is 4.52 Å². The molecular formula is C16H20F3N3O. The third kappa shape index (κ3) is 5.35. The van der Waals surface area contributed by atoms with Crippen molar-refractivity contribution in [1.82, 2.24) is 15.0 Å². The molecule has 0 spiro atoms. The van der Waals surface area contributed by atoms with Crippen LogP contribution in [0.15, 0.2) is 28.8 Å². The summed E-state index contributed by atoms with van der Waals surface area (Å²) in [6.07, 6.45) is -3.57. The lowest BCUT2D eigenvalue weighted by molar-refractivity contribution is -0.137. The zero-order chi connectivity index (χ0) is 17.0. The zero-order valence-corrected chi connectivity index (χ0v) is 13.4. The SMILES string of the molecule is CC(C)Cc1nc(CN(C)Cc2ccc(C(F)(F)F)cc2)no1. The Morgan fingerprint density at radius 1 is 1.13 bits per heavy atom. The van der Waals surface area contributed by atoms with Crippen LogP contribution in [0.1, 0.15) is 36.7 Å². The van der Waals surface area contributed by atoms with Crippen molar-refractivity contribution < 1.29 is 17.7 Å². The Labute approximate surface area is 133 Å². The average Bonchev–Trinajstić information content (AvgIpc) is 2.84. The molecule has 0 aliphatic heterocycles. The van der Waals surface area contributed by atoms with Gasteiger partial charge in [0.05, 0.1) is 12.1 Å². The van der Waals surface area contributed by atoms with Crippen LogP contribution in [0.25, 0.3) is 0 Å². The highest BCUT2D eigenvalue weighted by molar-refractivity contribution is 5.24. The van der Waals surface area contributed by atoms with Gasteiger partial charge < -0.3 is 4.52 Å². The first-order valence-electron chi connectivity index (χ1n) is 7.40. The number of halogens is 3. The molecule has 1 heterocycles. The number of aromatic nitrogens is 2. The molecule has 2 aromatic rings. The lowest BCUT2D eigenvalue weighted by Gasteiger charge is -2.15. The fourth-order valence-electron chi connectivity index (χ4n) is 2.19. The fourth-order valence-corrected chi connectivity index (χ4v) is 2.19. The number of nitrogens with zero attached hydrogens (tertiary/aromatic N) is 3. The summed E-state index contributed by atoms with van der Waals surface area (Å²) in [4.78, 5) is 6.23. The van der Waals surface area contributed by atoms with E-state index in [1.165, 1.54) is 12.1 Å². The van der Waals surface area contributed by atoms with E-state index in [1.807, 2.05) is 11.9 Å². The lowest BCUT2D eigenvalue weighted by Crippen LogP contribution is -2.18. The lowest BCUT2D eigenvalue weighted by atomic mass is 10.1. The third-order valence-corrected chi connectivity index (χ3v) is 3.24. The minimum absolute atomic E-state index is 0.438. The maximum Gasteiger partial charge on any atom is 0.416 e. The molecule has 126 valence electrons. The molecule has 1 aromatic carbocycles. The first kappa shape index (κ1) is 17.5. The van der Waals surface area contributed by atoms with Crippen molar-refractivity contribution >= 4 is 0 Å². The second kappa shape index (κ2) is 7.12. The van der Waals surface area contributed by atoms with Gasteiger partial charge in [0, 0.05) is 13.0 Å². The van der Waals surface area contributed by atoms with Crippen LogP contribution in [0, 0.1) is 5.92 Å². The summed E-state index contributed by atoms with van der Waals surface area (Å²) in [5.74, 6) is 1.63. The quantitative estimate of drug-likeness (QED) is 0.806. The van der Waals surface area contributed by atoms with Gasteiger partial charge >= 0.3 is 6.18 Å². The number of rotatable bonds is 6. The third-order valence-electron chi connectivity index (χ3n) is 3.24. The second-order valence-corrected chi connectivity index (χ2v) is 6.07. The molecular weight excluding hydrogens is 307 g/mol. The van der Waals surface area contributed by atoms with Gasteiger partial charge in [0.15, 0.2) is 5.82 Å². The molecule has 0 N–H and O–H groups in total. The number of benzene rings is 1. The Bertz CT molecular complexity index is 620. The van der Waals surface area contributed by atoms with Crippen molar-refractivity contribution in [1.29, 1.82) is 0 Å². The molecule has 0 radical (unpaired) electrons.